The fraction of sp³-hybridized carbons (Fsp3) is 0.538. The second kappa shape index (κ2) is 4.02. The molecule has 90 valence electrons. The highest BCUT2D eigenvalue weighted by molar-refractivity contribution is 5.94. The summed E-state index contributed by atoms with van der Waals surface area (Å²) in [6, 6.07) is 3.14. The van der Waals surface area contributed by atoms with Crippen molar-refractivity contribution in [1.29, 1.82) is 0 Å². The van der Waals surface area contributed by atoms with Crippen LogP contribution in [-0.2, 0) is 0 Å². The molecule has 4 heteroatoms. The van der Waals surface area contributed by atoms with Crippen molar-refractivity contribution in [2.75, 3.05) is 13.1 Å². The average molecular weight is 232 g/mol. The first-order chi connectivity index (χ1) is 8.25. The maximum absolute atomic E-state index is 12.2. The monoisotopic (exact) mass is 232 g/mol. The van der Waals surface area contributed by atoms with Crippen molar-refractivity contribution in [3.05, 3.63) is 24.0 Å². The molecule has 1 saturated carbocycles. The number of aromatic nitrogens is 1. The third-order valence-electron chi connectivity index (χ3n) is 4.00. The number of hydrogen-bond donors (Lipinski definition) is 1. The molecule has 1 aromatic heterocycles. The molecule has 17 heavy (non-hydrogen) atoms. The molecule has 4 nitrogen and oxygen atoms in total. The second-order valence-corrected chi connectivity index (χ2v) is 5.03. The first-order valence-electron chi connectivity index (χ1n) is 6.19. The van der Waals surface area contributed by atoms with Gasteiger partial charge in [0.15, 0.2) is 5.69 Å². The van der Waals surface area contributed by atoms with Gasteiger partial charge in [0.1, 0.15) is 5.75 Å². The summed E-state index contributed by atoms with van der Waals surface area (Å²) in [5.74, 6) is 1.20. The number of fused-ring (bicyclic) bond motifs is 1. The summed E-state index contributed by atoms with van der Waals surface area (Å²) in [5.41, 5.74) is 0.187. The van der Waals surface area contributed by atoms with Crippen LogP contribution >= 0.6 is 0 Å². The van der Waals surface area contributed by atoms with E-state index in [1.165, 1.54) is 25.3 Å². The molecule has 2 heterocycles. The lowest BCUT2D eigenvalue weighted by molar-refractivity contribution is 0.0771. The number of rotatable bonds is 1. The van der Waals surface area contributed by atoms with Crippen LogP contribution < -0.4 is 0 Å². The van der Waals surface area contributed by atoms with Crippen molar-refractivity contribution >= 4 is 5.91 Å². The van der Waals surface area contributed by atoms with E-state index in [1.54, 1.807) is 12.3 Å². The van der Waals surface area contributed by atoms with Gasteiger partial charge in [0.05, 0.1) is 0 Å². The summed E-state index contributed by atoms with van der Waals surface area (Å²) in [4.78, 5) is 18.0. The minimum absolute atomic E-state index is 0.0189. The van der Waals surface area contributed by atoms with Crippen LogP contribution in [0.3, 0.4) is 0 Å². The summed E-state index contributed by atoms with van der Waals surface area (Å²) in [6.07, 6.45) is 5.32. The van der Waals surface area contributed by atoms with Crippen LogP contribution in [-0.4, -0.2) is 34.0 Å². The number of nitrogens with zero attached hydrogens (tertiary/aromatic N) is 2. The SMILES string of the molecule is O=C(c1ncccc1O)N1CC2CCCC2C1. The summed E-state index contributed by atoms with van der Waals surface area (Å²) < 4.78 is 0. The van der Waals surface area contributed by atoms with Gasteiger partial charge in [-0.2, -0.15) is 0 Å². The zero-order chi connectivity index (χ0) is 11.8. The molecule has 2 aliphatic rings. The third kappa shape index (κ3) is 1.77. The molecular formula is C13H16N2O2. The molecule has 0 radical (unpaired) electrons. The van der Waals surface area contributed by atoms with Gasteiger partial charge in [-0.05, 0) is 36.8 Å². The highest BCUT2D eigenvalue weighted by atomic mass is 16.3. The van der Waals surface area contributed by atoms with E-state index >= 15 is 0 Å². The lowest BCUT2D eigenvalue weighted by atomic mass is 10.0. The highest BCUT2D eigenvalue weighted by Crippen LogP contribution is 2.38. The Bertz CT molecular complexity index is 435. The number of carbonyl (C=O) groups excluding carboxylic acids is 1. The van der Waals surface area contributed by atoms with Crippen molar-refractivity contribution in [2.45, 2.75) is 19.3 Å². The lowest BCUT2D eigenvalue weighted by Gasteiger charge is -2.17. The molecule has 0 aromatic carbocycles. The van der Waals surface area contributed by atoms with Crippen molar-refractivity contribution in [3.8, 4) is 5.75 Å². The number of pyridine rings is 1. The molecular weight excluding hydrogens is 216 g/mol. The Labute approximate surface area is 100 Å². The molecule has 0 spiro atoms. The minimum Gasteiger partial charge on any atom is -0.505 e. The van der Waals surface area contributed by atoms with Crippen LogP contribution in [0.4, 0.5) is 0 Å². The second-order valence-electron chi connectivity index (χ2n) is 5.03. The Kier molecular flexibility index (Phi) is 2.50. The van der Waals surface area contributed by atoms with E-state index < -0.39 is 0 Å². The zero-order valence-electron chi connectivity index (χ0n) is 9.67. The Morgan fingerprint density at radius 1 is 1.35 bits per heavy atom. The normalized spacial score (nSPS) is 27.2. The van der Waals surface area contributed by atoms with Gasteiger partial charge < -0.3 is 10.0 Å². The highest BCUT2D eigenvalue weighted by Gasteiger charge is 2.38. The van der Waals surface area contributed by atoms with Crippen LogP contribution in [0.1, 0.15) is 29.8 Å². The summed E-state index contributed by atoms with van der Waals surface area (Å²) in [6.45, 7) is 1.67. The van der Waals surface area contributed by atoms with Crippen molar-refractivity contribution in [2.24, 2.45) is 11.8 Å². The quantitative estimate of drug-likeness (QED) is 0.801. The molecule has 1 N–H and O–H groups in total. The molecule has 3 rings (SSSR count). The molecule has 1 saturated heterocycles. The zero-order valence-corrected chi connectivity index (χ0v) is 9.67. The maximum Gasteiger partial charge on any atom is 0.276 e. The van der Waals surface area contributed by atoms with E-state index in [9.17, 15) is 9.90 Å². The molecule has 2 unspecified atom stereocenters. The van der Waals surface area contributed by atoms with Gasteiger partial charge in [-0.15, -0.1) is 0 Å². The van der Waals surface area contributed by atoms with E-state index in [2.05, 4.69) is 4.98 Å². The van der Waals surface area contributed by atoms with Crippen molar-refractivity contribution < 1.29 is 9.90 Å². The number of hydrogen-bond acceptors (Lipinski definition) is 3. The smallest absolute Gasteiger partial charge is 0.276 e. The number of amides is 1. The van der Waals surface area contributed by atoms with Crippen molar-refractivity contribution in [1.82, 2.24) is 9.88 Å². The summed E-state index contributed by atoms with van der Waals surface area (Å²) in [5, 5.41) is 9.63. The Morgan fingerprint density at radius 3 is 2.71 bits per heavy atom. The minimum atomic E-state index is -0.127. The van der Waals surface area contributed by atoms with Gasteiger partial charge >= 0.3 is 0 Å². The molecule has 1 aliphatic heterocycles. The van der Waals surface area contributed by atoms with Gasteiger partial charge in [0.25, 0.3) is 5.91 Å². The van der Waals surface area contributed by atoms with Crippen LogP contribution in [0.2, 0.25) is 0 Å². The lowest BCUT2D eigenvalue weighted by Crippen LogP contribution is -2.30. The molecule has 0 bridgehead atoms. The maximum atomic E-state index is 12.2. The molecule has 2 fully saturated rings. The van der Waals surface area contributed by atoms with E-state index in [0.717, 1.165) is 13.1 Å². The van der Waals surface area contributed by atoms with E-state index in [0.29, 0.717) is 11.8 Å². The van der Waals surface area contributed by atoms with Gasteiger partial charge in [-0.1, -0.05) is 6.42 Å². The van der Waals surface area contributed by atoms with Gasteiger partial charge in [-0.3, -0.25) is 4.79 Å². The average Bonchev–Trinajstić information content (AvgIpc) is 2.88. The van der Waals surface area contributed by atoms with Crippen LogP contribution in [0.5, 0.6) is 5.75 Å². The summed E-state index contributed by atoms with van der Waals surface area (Å²) in [7, 11) is 0. The van der Waals surface area contributed by atoms with Crippen molar-refractivity contribution in [3.63, 3.8) is 0 Å². The molecule has 1 aliphatic carbocycles. The number of carbonyl (C=O) groups is 1. The fourth-order valence-corrected chi connectivity index (χ4v) is 3.11. The van der Waals surface area contributed by atoms with Gasteiger partial charge in [0.2, 0.25) is 0 Å². The number of likely N-dealkylation sites (tertiary alicyclic amines) is 1. The predicted octanol–water partition coefficient (Wildman–Crippen LogP) is 1.66. The first kappa shape index (κ1) is 10.6. The molecule has 1 aromatic rings. The largest absolute Gasteiger partial charge is 0.505 e. The predicted molar refractivity (Wildman–Crippen MR) is 62.6 cm³/mol. The topological polar surface area (TPSA) is 53.4 Å². The Balaban J connectivity index is 1.78. The van der Waals surface area contributed by atoms with Gasteiger partial charge in [-0.25, -0.2) is 4.98 Å². The van der Waals surface area contributed by atoms with Gasteiger partial charge in [0, 0.05) is 19.3 Å². The third-order valence-corrected chi connectivity index (χ3v) is 4.00. The Hall–Kier alpha value is -1.58. The van der Waals surface area contributed by atoms with Crippen LogP contribution in [0, 0.1) is 11.8 Å². The van der Waals surface area contributed by atoms with Crippen LogP contribution in [0.15, 0.2) is 18.3 Å². The fourth-order valence-electron chi connectivity index (χ4n) is 3.11. The summed E-state index contributed by atoms with van der Waals surface area (Å²) >= 11 is 0. The first-order valence-corrected chi connectivity index (χ1v) is 6.19. The van der Waals surface area contributed by atoms with E-state index in [4.69, 9.17) is 0 Å². The Morgan fingerprint density at radius 2 is 2.06 bits per heavy atom. The number of aromatic hydroxyl groups is 1. The van der Waals surface area contributed by atoms with E-state index in [1.807, 2.05) is 4.90 Å². The van der Waals surface area contributed by atoms with E-state index in [-0.39, 0.29) is 17.4 Å². The molecule has 2 atom stereocenters. The van der Waals surface area contributed by atoms with Crippen LogP contribution in [0.25, 0.3) is 0 Å². The molecule has 1 amide bonds. The standard InChI is InChI=1S/C13H16N2O2/c16-11-5-2-6-14-12(11)13(17)15-7-9-3-1-4-10(9)8-15/h2,5-6,9-10,16H,1,3-4,7-8H2.